The number of benzene rings is 2. The highest BCUT2D eigenvalue weighted by molar-refractivity contribution is 9.10. The van der Waals surface area contributed by atoms with Crippen LogP contribution >= 0.6 is 15.9 Å². The van der Waals surface area contributed by atoms with Crippen LogP contribution in [0.5, 0.6) is 11.6 Å². The lowest BCUT2D eigenvalue weighted by Crippen LogP contribution is -2.35. The highest BCUT2D eigenvalue weighted by Crippen LogP contribution is 2.26. The third-order valence-electron chi connectivity index (χ3n) is 3.80. The van der Waals surface area contributed by atoms with Crippen molar-refractivity contribution in [3.8, 4) is 11.6 Å². The topological polar surface area (TPSA) is 71.5 Å². The highest BCUT2D eigenvalue weighted by Gasteiger charge is 2.20. The van der Waals surface area contributed by atoms with Gasteiger partial charge in [0, 0.05) is 23.4 Å². The van der Waals surface area contributed by atoms with E-state index in [-0.39, 0.29) is 29.8 Å². The van der Waals surface area contributed by atoms with E-state index in [0.717, 1.165) is 4.47 Å². The summed E-state index contributed by atoms with van der Waals surface area (Å²) in [6.07, 6.45) is 1.55. The van der Waals surface area contributed by atoms with Gasteiger partial charge >= 0.3 is 0 Å². The molecule has 0 aliphatic rings. The zero-order valence-electron chi connectivity index (χ0n) is 15.1. The molecule has 1 aromatic heterocycles. The number of carbonyl (C=O) groups excluding carboxylic acids is 2. The second-order valence-corrected chi connectivity index (χ2v) is 6.91. The average molecular weight is 440 g/mol. The summed E-state index contributed by atoms with van der Waals surface area (Å²) in [5.41, 5.74) is 0.950. The second kappa shape index (κ2) is 9.14. The number of likely N-dealkylation sites (N-methyl/N-ethyl adjacent to an activating group) is 1. The SMILES string of the molecule is CN(CC(=O)Nc1ccccc1)C(=O)c1cccnc1Oc1cccc(Br)c1. The lowest BCUT2D eigenvalue weighted by Gasteiger charge is -2.18. The van der Waals surface area contributed by atoms with E-state index in [9.17, 15) is 9.59 Å². The van der Waals surface area contributed by atoms with Crippen molar-refractivity contribution in [3.63, 3.8) is 0 Å². The molecule has 0 saturated carbocycles. The fourth-order valence-electron chi connectivity index (χ4n) is 2.49. The predicted octanol–water partition coefficient (Wildman–Crippen LogP) is 4.35. The Morgan fingerprint density at radius 1 is 1.07 bits per heavy atom. The number of ether oxygens (including phenoxy) is 1. The van der Waals surface area contributed by atoms with Gasteiger partial charge in [0.2, 0.25) is 11.8 Å². The van der Waals surface area contributed by atoms with Crippen molar-refractivity contribution in [2.45, 2.75) is 0 Å². The Kier molecular flexibility index (Phi) is 6.39. The van der Waals surface area contributed by atoms with Gasteiger partial charge < -0.3 is 15.0 Å². The number of hydrogen-bond acceptors (Lipinski definition) is 4. The molecule has 0 bridgehead atoms. The molecule has 0 spiro atoms. The first-order valence-electron chi connectivity index (χ1n) is 8.52. The largest absolute Gasteiger partial charge is 0.438 e. The van der Waals surface area contributed by atoms with Crippen molar-refractivity contribution < 1.29 is 14.3 Å². The third kappa shape index (κ3) is 5.17. The van der Waals surface area contributed by atoms with Gasteiger partial charge in [-0.2, -0.15) is 0 Å². The lowest BCUT2D eigenvalue weighted by atomic mass is 10.2. The Balaban J connectivity index is 1.70. The van der Waals surface area contributed by atoms with Crippen LogP contribution in [0.4, 0.5) is 5.69 Å². The van der Waals surface area contributed by atoms with Gasteiger partial charge in [0.15, 0.2) is 0 Å². The zero-order chi connectivity index (χ0) is 19.9. The number of amides is 2. The fraction of sp³-hybridized carbons (Fsp3) is 0.0952. The number of nitrogens with one attached hydrogen (secondary N) is 1. The molecule has 0 saturated heterocycles. The number of hydrogen-bond donors (Lipinski definition) is 1. The van der Waals surface area contributed by atoms with Crippen molar-refractivity contribution in [3.05, 3.63) is 83.0 Å². The summed E-state index contributed by atoms with van der Waals surface area (Å²) >= 11 is 3.38. The summed E-state index contributed by atoms with van der Waals surface area (Å²) in [6.45, 7) is -0.0983. The first-order valence-corrected chi connectivity index (χ1v) is 9.31. The molecule has 28 heavy (non-hydrogen) atoms. The number of carbonyl (C=O) groups is 2. The number of pyridine rings is 1. The molecule has 7 heteroatoms. The molecule has 1 heterocycles. The van der Waals surface area contributed by atoms with Gasteiger partial charge in [-0.3, -0.25) is 9.59 Å². The summed E-state index contributed by atoms with van der Waals surface area (Å²) in [5.74, 6) is 0.0780. The molecule has 1 N–H and O–H groups in total. The molecule has 6 nitrogen and oxygen atoms in total. The fourth-order valence-corrected chi connectivity index (χ4v) is 2.87. The normalized spacial score (nSPS) is 10.2. The molecule has 3 rings (SSSR count). The Labute approximate surface area is 171 Å². The summed E-state index contributed by atoms with van der Waals surface area (Å²) < 4.78 is 6.62. The number of aromatic nitrogens is 1. The second-order valence-electron chi connectivity index (χ2n) is 5.99. The molecule has 0 radical (unpaired) electrons. The minimum absolute atomic E-state index is 0.0983. The maximum Gasteiger partial charge on any atom is 0.259 e. The van der Waals surface area contributed by atoms with E-state index in [4.69, 9.17) is 4.74 Å². The van der Waals surface area contributed by atoms with E-state index in [1.54, 1.807) is 49.6 Å². The van der Waals surface area contributed by atoms with E-state index >= 15 is 0 Å². The van der Waals surface area contributed by atoms with Crippen LogP contribution in [0.3, 0.4) is 0 Å². The van der Waals surface area contributed by atoms with Crippen LogP contribution in [0.2, 0.25) is 0 Å². The van der Waals surface area contributed by atoms with Crippen LogP contribution in [0.15, 0.2) is 77.4 Å². The van der Waals surface area contributed by atoms with Crippen LogP contribution in [0, 0.1) is 0 Å². The van der Waals surface area contributed by atoms with Crippen LogP contribution in [-0.4, -0.2) is 35.3 Å². The van der Waals surface area contributed by atoms with Crippen molar-refractivity contribution in [1.82, 2.24) is 9.88 Å². The maximum absolute atomic E-state index is 12.8. The van der Waals surface area contributed by atoms with Crippen molar-refractivity contribution >= 4 is 33.4 Å². The lowest BCUT2D eigenvalue weighted by molar-refractivity contribution is -0.116. The predicted molar refractivity (Wildman–Crippen MR) is 110 cm³/mol. The molecule has 2 aromatic carbocycles. The Morgan fingerprint density at radius 2 is 1.86 bits per heavy atom. The minimum atomic E-state index is -0.360. The number of rotatable bonds is 6. The van der Waals surface area contributed by atoms with Crippen LogP contribution in [0.1, 0.15) is 10.4 Å². The van der Waals surface area contributed by atoms with Gasteiger partial charge in [0.1, 0.15) is 11.3 Å². The van der Waals surface area contributed by atoms with Gasteiger partial charge in [-0.15, -0.1) is 0 Å². The van der Waals surface area contributed by atoms with E-state index in [1.807, 2.05) is 30.3 Å². The minimum Gasteiger partial charge on any atom is -0.438 e. The smallest absolute Gasteiger partial charge is 0.259 e. The third-order valence-corrected chi connectivity index (χ3v) is 4.29. The molecule has 0 fully saturated rings. The van der Waals surface area contributed by atoms with Crippen molar-refractivity contribution in [2.75, 3.05) is 18.9 Å². The van der Waals surface area contributed by atoms with Crippen molar-refractivity contribution in [1.29, 1.82) is 0 Å². The zero-order valence-corrected chi connectivity index (χ0v) is 16.7. The van der Waals surface area contributed by atoms with E-state index in [1.165, 1.54) is 4.90 Å². The Bertz CT molecular complexity index is 979. The molecular formula is C21H18BrN3O3. The molecule has 0 unspecified atom stereocenters. The summed E-state index contributed by atoms with van der Waals surface area (Å²) in [5, 5.41) is 2.75. The maximum atomic E-state index is 12.8. The van der Waals surface area contributed by atoms with Crippen molar-refractivity contribution in [2.24, 2.45) is 0 Å². The van der Waals surface area contributed by atoms with Gasteiger partial charge in [0.25, 0.3) is 5.91 Å². The van der Waals surface area contributed by atoms with Crippen LogP contribution in [0.25, 0.3) is 0 Å². The van der Waals surface area contributed by atoms with Crippen LogP contribution < -0.4 is 10.1 Å². The molecule has 142 valence electrons. The quantitative estimate of drug-likeness (QED) is 0.619. The van der Waals surface area contributed by atoms with Gasteiger partial charge in [-0.05, 0) is 42.5 Å². The first-order chi connectivity index (χ1) is 13.5. The average Bonchev–Trinajstić information content (AvgIpc) is 2.68. The van der Waals surface area contributed by atoms with E-state index < -0.39 is 0 Å². The molecule has 0 atom stereocenters. The number of anilines is 1. The molecule has 0 aliphatic heterocycles. The summed E-state index contributed by atoms with van der Waals surface area (Å²) in [4.78, 5) is 30.5. The van der Waals surface area contributed by atoms with E-state index in [2.05, 4.69) is 26.2 Å². The monoisotopic (exact) mass is 439 g/mol. The summed E-state index contributed by atoms with van der Waals surface area (Å²) in [6, 6.07) is 19.6. The van der Waals surface area contributed by atoms with Gasteiger partial charge in [-0.25, -0.2) is 4.98 Å². The highest BCUT2D eigenvalue weighted by atomic mass is 79.9. The molecule has 3 aromatic rings. The standard InChI is InChI=1S/C21H18BrN3O3/c1-25(14-19(26)24-16-8-3-2-4-9-16)21(27)18-11-6-12-23-20(18)28-17-10-5-7-15(22)13-17/h2-13H,14H2,1H3,(H,24,26). The van der Waals surface area contributed by atoms with E-state index in [0.29, 0.717) is 11.4 Å². The molecular weight excluding hydrogens is 422 g/mol. The Morgan fingerprint density at radius 3 is 2.61 bits per heavy atom. The summed E-state index contributed by atoms with van der Waals surface area (Å²) in [7, 11) is 1.56. The Hall–Kier alpha value is -3.19. The number of nitrogens with zero attached hydrogens (tertiary/aromatic N) is 2. The number of halogens is 1. The van der Waals surface area contributed by atoms with Crippen LogP contribution in [-0.2, 0) is 4.79 Å². The van der Waals surface area contributed by atoms with Gasteiger partial charge in [0.05, 0.1) is 6.54 Å². The molecule has 2 amide bonds. The first kappa shape index (κ1) is 19.6. The number of para-hydroxylation sites is 1. The van der Waals surface area contributed by atoms with Gasteiger partial charge in [-0.1, -0.05) is 40.2 Å². The molecule has 0 aliphatic carbocycles.